The minimum Gasteiger partial charge on any atom is -0.247 e. The van der Waals surface area contributed by atoms with Gasteiger partial charge in [-0.15, -0.1) is 0 Å². The first-order chi connectivity index (χ1) is 5.20. The quantitative estimate of drug-likeness (QED) is 0.542. The van der Waals surface area contributed by atoms with E-state index in [1.165, 1.54) is 6.42 Å². The highest BCUT2D eigenvalue weighted by atomic mass is 19.1. The van der Waals surface area contributed by atoms with Crippen LogP contribution in [-0.4, -0.2) is 12.3 Å². The molecule has 0 saturated heterocycles. The maximum atomic E-state index is 12.4. The predicted octanol–water partition coefficient (Wildman–Crippen LogP) is 1.95. The van der Waals surface area contributed by atoms with Crippen LogP contribution in [0.2, 0.25) is 0 Å². The Morgan fingerprint density at radius 1 is 1.36 bits per heavy atom. The summed E-state index contributed by atoms with van der Waals surface area (Å²) in [5.74, 6) is 0.638. The van der Waals surface area contributed by atoms with E-state index in [1.54, 1.807) is 0 Å². The van der Waals surface area contributed by atoms with Crippen LogP contribution in [-0.2, 0) is 9.59 Å². The average Bonchev–Trinajstić information content (AvgIpc) is 1.88. The van der Waals surface area contributed by atoms with Crippen molar-refractivity contribution in [3.05, 3.63) is 0 Å². The number of rotatable bonds is 0. The summed E-state index contributed by atoms with van der Waals surface area (Å²) in [5.41, 5.74) is 0. The lowest BCUT2D eigenvalue weighted by Crippen LogP contribution is -2.12. The summed E-state index contributed by atoms with van der Waals surface area (Å²) < 4.78 is 12.4. The molecule has 1 rings (SSSR count). The van der Waals surface area contributed by atoms with E-state index in [9.17, 15) is 4.39 Å². The summed E-state index contributed by atoms with van der Waals surface area (Å²) in [6, 6.07) is 0. The van der Waals surface area contributed by atoms with Crippen LogP contribution in [0.3, 0.4) is 0 Å². The zero-order valence-electron chi connectivity index (χ0n) is 6.68. The van der Waals surface area contributed by atoms with E-state index in [2.05, 4.69) is 6.92 Å². The van der Waals surface area contributed by atoms with Crippen molar-refractivity contribution in [2.45, 2.75) is 38.8 Å². The van der Waals surface area contributed by atoms with Gasteiger partial charge in [-0.25, -0.2) is 4.39 Å². The van der Waals surface area contributed by atoms with Gasteiger partial charge in [0.15, 0.2) is 0 Å². The molecule has 1 saturated carbocycles. The van der Waals surface area contributed by atoms with Crippen LogP contribution in [0, 0.1) is 5.92 Å². The molecule has 0 N–H and O–H groups in total. The third-order valence-electron chi connectivity index (χ3n) is 1.87. The van der Waals surface area contributed by atoms with Crippen molar-refractivity contribution in [1.82, 2.24) is 0 Å². The second-order valence-electron chi connectivity index (χ2n) is 2.95. The van der Waals surface area contributed by atoms with Crippen LogP contribution in [0.25, 0.3) is 0 Å². The highest BCUT2D eigenvalue weighted by Crippen LogP contribution is 2.25. The van der Waals surface area contributed by atoms with Gasteiger partial charge in [0.1, 0.15) is 6.17 Å². The molecule has 0 aliphatic heterocycles. The zero-order valence-corrected chi connectivity index (χ0v) is 6.68. The SMILES string of the molecule is C[C@@H]1CCC[C@@H](F)C1.O=C=O. The summed E-state index contributed by atoms with van der Waals surface area (Å²) in [6.07, 6.45) is 3.71. The lowest BCUT2D eigenvalue weighted by molar-refractivity contribution is -0.191. The summed E-state index contributed by atoms with van der Waals surface area (Å²) in [6.45, 7) is 2.13. The minimum atomic E-state index is -0.487. The highest BCUT2D eigenvalue weighted by molar-refractivity contribution is 5.20. The fraction of sp³-hybridized carbons (Fsp3) is 0.875. The van der Waals surface area contributed by atoms with E-state index in [4.69, 9.17) is 9.59 Å². The molecule has 0 aromatic carbocycles. The number of carbonyl (C=O) groups excluding carboxylic acids is 2. The van der Waals surface area contributed by atoms with Crippen molar-refractivity contribution >= 4 is 6.15 Å². The third-order valence-corrected chi connectivity index (χ3v) is 1.87. The van der Waals surface area contributed by atoms with Gasteiger partial charge in [-0.1, -0.05) is 19.8 Å². The average molecular weight is 160 g/mol. The van der Waals surface area contributed by atoms with Gasteiger partial charge in [0.25, 0.3) is 0 Å². The van der Waals surface area contributed by atoms with Gasteiger partial charge in [0.2, 0.25) is 0 Å². The Kier molecular flexibility index (Phi) is 5.67. The Morgan fingerprint density at radius 3 is 2.18 bits per heavy atom. The molecule has 1 aliphatic rings. The summed E-state index contributed by atoms with van der Waals surface area (Å²) in [4.78, 5) is 16.2. The first kappa shape index (κ1) is 10.3. The van der Waals surface area contributed by atoms with Crippen LogP contribution < -0.4 is 0 Å². The van der Waals surface area contributed by atoms with Crippen LogP contribution >= 0.6 is 0 Å². The van der Waals surface area contributed by atoms with Gasteiger partial charge in [-0.2, -0.15) is 9.59 Å². The van der Waals surface area contributed by atoms with Crippen molar-refractivity contribution in [1.29, 1.82) is 0 Å². The standard InChI is InChI=1S/C7H13F.CO2/c1-6-3-2-4-7(8)5-6;2-1-3/h6-7H,2-5H2,1H3;/t6-,7-;/m1./s1. The van der Waals surface area contributed by atoms with Crippen molar-refractivity contribution in [2.24, 2.45) is 5.92 Å². The molecule has 3 heteroatoms. The molecule has 0 heterocycles. The lowest BCUT2D eigenvalue weighted by Gasteiger charge is -2.20. The second-order valence-corrected chi connectivity index (χ2v) is 2.95. The molecular weight excluding hydrogens is 147 g/mol. The van der Waals surface area contributed by atoms with E-state index < -0.39 is 6.17 Å². The van der Waals surface area contributed by atoms with E-state index in [-0.39, 0.29) is 6.15 Å². The van der Waals surface area contributed by atoms with E-state index in [1.807, 2.05) is 0 Å². The molecular formula is C8H13FO2. The van der Waals surface area contributed by atoms with Gasteiger partial charge in [0.05, 0.1) is 0 Å². The van der Waals surface area contributed by atoms with E-state index in [0.29, 0.717) is 5.92 Å². The Labute approximate surface area is 65.8 Å². The zero-order chi connectivity index (χ0) is 8.69. The predicted molar refractivity (Wildman–Crippen MR) is 37.5 cm³/mol. The molecule has 11 heavy (non-hydrogen) atoms. The summed E-state index contributed by atoms with van der Waals surface area (Å²) in [5, 5.41) is 0. The molecule has 2 atom stereocenters. The molecule has 1 aliphatic carbocycles. The minimum absolute atomic E-state index is 0.250. The van der Waals surface area contributed by atoms with Gasteiger partial charge in [0, 0.05) is 0 Å². The van der Waals surface area contributed by atoms with E-state index in [0.717, 1.165) is 19.3 Å². The first-order valence-corrected chi connectivity index (χ1v) is 3.84. The molecule has 0 unspecified atom stereocenters. The van der Waals surface area contributed by atoms with Crippen LogP contribution in [0.1, 0.15) is 32.6 Å². The van der Waals surface area contributed by atoms with Gasteiger partial charge >= 0.3 is 6.15 Å². The molecule has 1 fully saturated rings. The molecule has 0 aromatic rings. The molecule has 0 bridgehead atoms. The molecule has 0 aromatic heterocycles. The third kappa shape index (κ3) is 5.74. The maximum Gasteiger partial charge on any atom is 0.373 e. The van der Waals surface area contributed by atoms with Gasteiger partial charge < -0.3 is 0 Å². The Bertz CT molecular complexity index is 122. The van der Waals surface area contributed by atoms with E-state index >= 15 is 0 Å². The number of alkyl halides is 1. The van der Waals surface area contributed by atoms with Crippen LogP contribution in [0.4, 0.5) is 4.39 Å². The van der Waals surface area contributed by atoms with Crippen LogP contribution in [0.15, 0.2) is 0 Å². The Hall–Kier alpha value is -0.690. The van der Waals surface area contributed by atoms with Crippen molar-refractivity contribution in [3.8, 4) is 0 Å². The Balaban J connectivity index is 0.000000292. The lowest BCUT2D eigenvalue weighted by atomic mass is 9.90. The summed E-state index contributed by atoms with van der Waals surface area (Å²) in [7, 11) is 0. The Morgan fingerprint density at radius 2 is 1.91 bits per heavy atom. The molecule has 0 radical (unpaired) electrons. The largest absolute Gasteiger partial charge is 0.373 e. The van der Waals surface area contributed by atoms with Crippen LogP contribution in [0.5, 0.6) is 0 Å². The molecule has 64 valence electrons. The maximum absolute atomic E-state index is 12.4. The van der Waals surface area contributed by atoms with Crippen molar-refractivity contribution in [2.75, 3.05) is 0 Å². The fourth-order valence-electron chi connectivity index (χ4n) is 1.36. The number of hydrogen-bond acceptors (Lipinski definition) is 2. The first-order valence-electron chi connectivity index (χ1n) is 3.84. The monoisotopic (exact) mass is 160 g/mol. The molecule has 0 spiro atoms. The highest BCUT2D eigenvalue weighted by Gasteiger charge is 2.16. The second kappa shape index (κ2) is 6.05. The smallest absolute Gasteiger partial charge is 0.247 e. The van der Waals surface area contributed by atoms with Crippen molar-refractivity contribution in [3.63, 3.8) is 0 Å². The fourth-order valence-corrected chi connectivity index (χ4v) is 1.36. The van der Waals surface area contributed by atoms with Gasteiger partial charge in [-0.3, -0.25) is 0 Å². The summed E-state index contributed by atoms with van der Waals surface area (Å²) >= 11 is 0. The normalized spacial score (nSPS) is 29.6. The van der Waals surface area contributed by atoms with Gasteiger partial charge in [-0.05, 0) is 18.8 Å². The molecule has 0 amide bonds. The molecule has 2 nitrogen and oxygen atoms in total. The topological polar surface area (TPSA) is 34.1 Å². The van der Waals surface area contributed by atoms with Crippen molar-refractivity contribution < 1.29 is 14.0 Å². The number of hydrogen-bond donors (Lipinski definition) is 0. The number of halogens is 1.